The Morgan fingerprint density at radius 1 is 1.18 bits per heavy atom. The maximum Gasteiger partial charge on any atom is 0.270 e. The highest BCUT2D eigenvalue weighted by Gasteiger charge is 2.30. The number of aromatic amines is 1. The van der Waals surface area contributed by atoms with Crippen molar-refractivity contribution in [2.24, 2.45) is 17.8 Å². The second kappa shape index (κ2) is 10.9. The molecular weight excluding hydrogens is 436 g/mol. The minimum Gasteiger partial charge on any atom is -0.356 e. The van der Waals surface area contributed by atoms with Gasteiger partial charge in [-0.1, -0.05) is 25.4 Å². The Hall–Kier alpha value is -2.05. The van der Waals surface area contributed by atoms with Crippen molar-refractivity contribution in [3.8, 4) is 0 Å². The number of H-pyrrole nitrogens is 1. The van der Waals surface area contributed by atoms with Crippen molar-refractivity contribution in [2.75, 3.05) is 39.3 Å². The molecule has 0 radical (unpaired) electrons. The molecule has 2 aliphatic heterocycles. The number of carbonyl (C=O) groups excluding carboxylic acids is 2. The highest BCUT2D eigenvalue weighted by Crippen LogP contribution is 2.27. The molecule has 2 aromatic rings. The van der Waals surface area contributed by atoms with Crippen LogP contribution in [0.15, 0.2) is 24.3 Å². The molecule has 2 N–H and O–H groups in total. The van der Waals surface area contributed by atoms with Crippen molar-refractivity contribution >= 4 is 34.3 Å². The fourth-order valence-corrected chi connectivity index (χ4v) is 5.55. The van der Waals surface area contributed by atoms with Crippen molar-refractivity contribution in [1.29, 1.82) is 0 Å². The fourth-order valence-electron chi connectivity index (χ4n) is 5.37. The van der Waals surface area contributed by atoms with Gasteiger partial charge in [0, 0.05) is 48.0 Å². The van der Waals surface area contributed by atoms with Crippen molar-refractivity contribution in [3.63, 3.8) is 0 Å². The summed E-state index contributed by atoms with van der Waals surface area (Å²) in [5.74, 6) is 1.26. The van der Waals surface area contributed by atoms with Crippen LogP contribution in [0.2, 0.25) is 5.02 Å². The smallest absolute Gasteiger partial charge is 0.270 e. The number of nitrogens with one attached hydrogen (secondary N) is 2. The van der Waals surface area contributed by atoms with Gasteiger partial charge in [-0.15, -0.1) is 0 Å². The molecule has 2 atom stereocenters. The number of fused-ring (bicyclic) bond motifs is 1. The number of amides is 2. The summed E-state index contributed by atoms with van der Waals surface area (Å²) in [4.78, 5) is 33.3. The van der Waals surface area contributed by atoms with Crippen LogP contribution in [0.25, 0.3) is 10.9 Å². The molecule has 2 saturated heterocycles. The molecule has 0 unspecified atom stereocenters. The fraction of sp³-hybridized carbons (Fsp3) is 0.615. The molecule has 7 heteroatoms. The lowest BCUT2D eigenvalue weighted by atomic mass is 9.84. The van der Waals surface area contributed by atoms with Crippen LogP contribution >= 0.6 is 11.6 Å². The van der Waals surface area contributed by atoms with E-state index in [1.54, 1.807) is 0 Å². The molecule has 3 heterocycles. The second-order valence-electron chi connectivity index (χ2n) is 10.0. The molecule has 2 fully saturated rings. The molecule has 180 valence electrons. The first-order chi connectivity index (χ1) is 15.9. The largest absolute Gasteiger partial charge is 0.356 e. The summed E-state index contributed by atoms with van der Waals surface area (Å²) in [6.07, 6.45) is 5.36. The van der Waals surface area contributed by atoms with E-state index in [0.29, 0.717) is 29.7 Å². The topological polar surface area (TPSA) is 68.4 Å². The molecule has 0 bridgehead atoms. The van der Waals surface area contributed by atoms with Gasteiger partial charge in [0.1, 0.15) is 5.69 Å². The van der Waals surface area contributed by atoms with E-state index in [0.717, 1.165) is 49.2 Å². The summed E-state index contributed by atoms with van der Waals surface area (Å²) < 4.78 is 0. The summed E-state index contributed by atoms with van der Waals surface area (Å²) in [5.41, 5.74) is 1.51. The van der Waals surface area contributed by atoms with Crippen LogP contribution < -0.4 is 5.32 Å². The number of aromatic nitrogens is 1. The van der Waals surface area contributed by atoms with Crippen LogP contribution in [-0.2, 0) is 4.79 Å². The van der Waals surface area contributed by atoms with Gasteiger partial charge in [-0.2, -0.15) is 0 Å². The van der Waals surface area contributed by atoms with E-state index in [-0.39, 0.29) is 17.7 Å². The quantitative estimate of drug-likeness (QED) is 0.581. The van der Waals surface area contributed by atoms with Crippen LogP contribution in [0.3, 0.4) is 0 Å². The molecule has 2 amide bonds. The number of halogens is 1. The molecule has 0 spiro atoms. The van der Waals surface area contributed by atoms with Gasteiger partial charge in [-0.3, -0.25) is 9.59 Å². The molecule has 1 aromatic heterocycles. The minimum atomic E-state index is -0.0209. The zero-order valence-electron chi connectivity index (χ0n) is 19.9. The van der Waals surface area contributed by atoms with E-state index < -0.39 is 0 Å². The Balaban J connectivity index is 1.19. The number of benzene rings is 1. The van der Waals surface area contributed by atoms with E-state index in [9.17, 15) is 9.59 Å². The molecule has 6 nitrogen and oxygen atoms in total. The van der Waals surface area contributed by atoms with Crippen molar-refractivity contribution in [2.45, 2.75) is 46.0 Å². The van der Waals surface area contributed by atoms with Crippen molar-refractivity contribution < 1.29 is 9.59 Å². The number of carbonyl (C=O) groups is 2. The number of hydrogen-bond acceptors (Lipinski definition) is 3. The molecule has 0 aliphatic carbocycles. The first-order valence-electron chi connectivity index (χ1n) is 12.5. The third kappa shape index (κ3) is 6.10. The summed E-state index contributed by atoms with van der Waals surface area (Å²) >= 11 is 6.06. The first kappa shape index (κ1) is 24.1. The Bertz CT molecular complexity index is 966. The summed E-state index contributed by atoms with van der Waals surface area (Å²) in [6, 6.07) is 7.45. The van der Waals surface area contributed by atoms with Gasteiger partial charge in [0.2, 0.25) is 5.91 Å². The normalized spacial score (nSPS) is 21.3. The third-order valence-electron chi connectivity index (χ3n) is 7.45. The zero-order chi connectivity index (χ0) is 23.4. The maximum absolute atomic E-state index is 13.0. The number of nitrogens with zero attached hydrogens (tertiary/aromatic N) is 2. The van der Waals surface area contributed by atoms with Gasteiger partial charge in [0.05, 0.1) is 0 Å². The van der Waals surface area contributed by atoms with Gasteiger partial charge in [0.15, 0.2) is 0 Å². The van der Waals surface area contributed by atoms with Crippen LogP contribution in [-0.4, -0.2) is 65.9 Å². The van der Waals surface area contributed by atoms with E-state index in [2.05, 4.69) is 22.1 Å². The summed E-state index contributed by atoms with van der Waals surface area (Å²) in [7, 11) is 0. The van der Waals surface area contributed by atoms with Gasteiger partial charge >= 0.3 is 0 Å². The van der Waals surface area contributed by atoms with Crippen molar-refractivity contribution in [3.05, 3.63) is 35.0 Å². The molecule has 33 heavy (non-hydrogen) atoms. The molecule has 1 aromatic carbocycles. The van der Waals surface area contributed by atoms with Gasteiger partial charge in [0.25, 0.3) is 5.91 Å². The van der Waals surface area contributed by atoms with Crippen LogP contribution in [0, 0.1) is 17.8 Å². The minimum absolute atomic E-state index is 0.0184. The molecule has 2 aliphatic rings. The van der Waals surface area contributed by atoms with E-state index in [1.165, 1.54) is 25.9 Å². The SMILES string of the molecule is C[C@H]1CCCN(CCCNC(=O)[C@@H](C)C2CCN(C(=O)c3cc4cc(Cl)ccc4[nH]3)CC2)C1. The highest BCUT2D eigenvalue weighted by atomic mass is 35.5. The van der Waals surface area contributed by atoms with E-state index in [4.69, 9.17) is 11.6 Å². The lowest BCUT2D eigenvalue weighted by Crippen LogP contribution is -2.43. The number of hydrogen-bond donors (Lipinski definition) is 2. The van der Waals surface area contributed by atoms with Gasteiger partial charge < -0.3 is 20.1 Å². The average Bonchev–Trinajstić information content (AvgIpc) is 3.24. The number of rotatable bonds is 7. The van der Waals surface area contributed by atoms with E-state index in [1.807, 2.05) is 36.1 Å². The standard InChI is InChI=1S/C26H37ClN4O2/c1-18-5-3-11-30(17-18)12-4-10-28-25(32)19(2)20-8-13-31(14-9-20)26(33)24-16-21-15-22(27)6-7-23(21)29-24/h6-7,15-16,18-20,29H,3-5,8-14,17H2,1-2H3,(H,28,32)/t18-,19-/m0/s1. The number of piperidine rings is 2. The van der Waals surface area contributed by atoms with Crippen LogP contribution in [0.4, 0.5) is 0 Å². The first-order valence-corrected chi connectivity index (χ1v) is 12.9. The zero-order valence-corrected chi connectivity index (χ0v) is 20.7. The van der Waals surface area contributed by atoms with Crippen LogP contribution in [0.1, 0.15) is 56.4 Å². The molecule has 0 saturated carbocycles. The maximum atomic E-state index is 13.0. The van der Waals surface area contributed by atoms with E-state index >= 15 is 0 Å². The Labute approximate surface area is 202 Å². The molecule has 4 rings (SSSR count). The Morgan fingerprint density at radius 2 is 1.97 bits per heavy atom. The molecular formula is C26H37ClN4O2. The van der Waals surface area contributed by atoms with Gasteiger partial charge in [-0.05, 0) is 81.3 Å². The van der Waals surface area contributed by atoms with Crippen LogP contribution in [0.5, 0.6) is 0 Å². The summed E-state index contributed by atoms with van der Waals surface area (Å²) in [6.45, 7) is 9.92. The predicted octanol–water partition coefficient (Wildman–Crippen LogP) is 4.55. The lowest BCUT2D eigenvalue weighted by molar-refractivity contribution is -0.126. The third-order valence-corrected chi connectivity index (χ3v) is 7.69. The highest BCUT2D eigenvalue weighted by molar-refractivity contribution is 6.31. The monoisotopic (exact) mass is 472 g/mol. The second-order valence-corrected chi connectivity index (χ2v) is 10.5. The van der Waals surface area contributed by atoms with Crippen molar-refractivity contribution in [1.82, 2.24) is 20.1 Å². The Kier molecular flexibility index (Phi) is 7.97. The lowest BCUT2D eigenvalue weighted by Gasteiger charge is -2.34. The predicted molar refractivity (Wildman–Crippen MR) is 134 cm³/mol. The average molecular weight is 473 g/mol. The Morgan fingerprint density at radius 3 is 2.73 bits per heavy atom. The number of likely N-dealkylation sites (tertiary alicyclic amines) is 2. The summed E-state index contributed by atoms with van der Waals surface area (Å²) in [5, 5.41) is 4.75. The van der Waals surface area contributed by atoms with Gasteiger partial charge in [-0.25, -0.2) is 0 Å².